The molecule has 1 amide bonds. The Morgan fingerprint density at radius 1 is 0.818 bits per heavy atom. The summed E-state index contributed by atoms with van der Waals surface area (Å²) >= 11 is 0. The number of Topliss-reactive ketones (excluding diaryl/α,β-unsaturated/α-hetero) is 1. The molecule has 2 rings (SSSR count). The number of rotatable bonds is 3. The van der Waals surface area contributed by atoms with Crippen LogP contribution >= 0.6 is 0 Å². The van der Waals surface area contributed by atoms with Crippen molar-refractivity contribution in [2.75, 3.05) is 11.9 Å². The lowest BCUT2D eigenvalue weighted by molar-refractivity contribution is 0.0857. The summed E-state index contributed by atoms with van der Waals surface area (Å²) in [6.07, 6.45) is 0. The van der Waals surface area contributed by atoms with Crippen LogP contribution in [0.4, 0.5) is 5.69 Å². The summed E-state index contributed by atoms with van der Waals surface area (Å²) in [5.41, 5.74) is 1.61. The van der Waals surface area contributed by atoms with Gasteiger partial charge in [0.25, 0.3) is 5.91 Å². The number of hydrogen-bond acceptors (Lipinski definition) is 2. The molecule has 0 atom stereocenters. The minimum atomic E-state index is -0.424. The van der Waals surface area contributed by atoms with Gasteiger partial charge in [0.15, 0.2) is 5.78 Å². The van der Waals surface area contributed by atoms with E-state index in [0.29, 0.717) is 11.1 Å². The molecule has 22 heavy (non-hydrogen) atoms. The van der Waals surface area contributed by atoms with Crippen molar-refractivity contribution in [2.45, 2.75) is 20.8 Å². The molecule has 0 aliphatic rings. The Morgan fingerprint density at radius 3 is 1.82 bits per heavy atom. The molecule has 0 N–H and O–H groups in total. The molecule has 2 aromatic carbocycles. The largest absolute Gasteiger partial charge is 0.311 e. The van der Waals surface area contributed by atoms with Gasteiger partial charge < -0.3 is 4.90 Å². The first kappa shape index (κ1) is 16.0. The molecular weight excluding hydrogens is 274 g/mol. The molecular formula is C19H21NO2. The van der Waals surface area contributed by atoms with E-state index < -0.39 is 5.41 Å². The monoisotopic (exact) mass is 295 g/mol. The number of amides is 1. The average Bonchev–Trinajstić information content (AvgIpc) is 2.53. The van der Waals surface area contributed by atoms with Gasteiger partial charge in [-0.05, 0) is 24.3 Å². The second-order valence-corrected chi connectivity index (χ2v) is 6.36. The highest BCUT2D eigenvalue weighted by Crippen LogP contribution is 2.21. The maximum atomic E-state index is 12.5. The standard InChI is InChI=1S/C19H21NO2/c1-19(2,3)17(21)14-10-12-15(13-11-14)18(22)20(4)16-8-6-5-7-9-16/h5-13H,1-4H3. The highest BCUT2D eigenvalue weighted by molar-refractivity contribution is 6.06. The predicted octanol–water partition coefficient (Wildman–Crippen LogP) is 4.19. The van der Waals surface area contributed by atoms with Crippen LogP contribution in [-0.2, 0) is 0 Å². The van der Waals surface area contributed by atoms with Crippen LogP contribution in [-0.4, -0.2) is 18.7 Å². The minimum Gasteiger partial charge on any atom is -0.311 e. The summed E-state index contributed by atoms with van der Waals surface area (Å²) in [6.45, 7) is 5.66. The Bertz CT molecular complexity index is 667. The summed E-state index contributed by atoms with van der Waals surface area (Å²) in [5.74, 6) is -0.0242. The zero-order chi connectivity index (χ0) is 16.3. The number of anilines is 1. The second-order valence-electron chi connectivity index (χ2n) is 6.36. The predicted molar refractivity (Wildman–Crippen MR) is 89.4 cm³/mol. The average molecular weight is 295 g/mol. The van der Waals surface area contributed by atoms with Gasteiger partial charge in [0.1, 0.15) is 0 Å². The molecule has 0 aromatic heterocycles. The van der Waals surface area contributed by atoms with E-state index in [4.69, 9.17) is 0 Å². The third kappa shape index (κ3) is 3.42. The summed E-state index contributed by atoms with van der Waals surface area (Å²) in [5, 5.41) is 0. The number of carbonyl (C=O) groups excluding carboxylic acids is 2. The number of para-hydroxylation sites is 1. The molecule has 0 saturated carbocycles. The third-order valence-electron chi connectivity index (χ3n) is 3.52. The van der Waals surface area contributed by atoms with Gasteiger partial charge in [-0.15, -0.1) is 0 Å². The molecule has 0 fully saturated rings. The molecule has 0 heterocycles. The number of benzene rings is 2. The molecule has 3 heteroatoms. The van der Waals surface area contributed by atoms with Crippen LogP contribution in [0.1, 0.15) is 41.5 Å². The van der Waals surface area contributed by atoms with Crippen molar-refractivity contribution in [3.05, 3.63) is 65.7 Å². The maximum Gasteiger partial charge on any atom is 0.258 e. The molecule has 3 nitrogen and oxygen atoms in total. The van der Waals surface area contributed by atoms with Crippen molar-refractivity contribution in [2.24, 2.45) is 5.41 Å². The SMILES string of the molecule is CN(C(=O)c1ccc(C(=O)C(C)(C)C)cc1)c1ccccc1. The van der Waals surface area contributed by atoms with E-state index in [2.05, 4.69) is 0 Å². The van der Waals surface area contributed by atoms with Crippen molar-refractivity contribution in [3.8, 4) is 0 Å². The van der Waals surface area contributed by atoms with Gasteiger partial charge in [0.2, 0.25) is 0 Å². The number of carbonyl (C=O) groups is 2. The van der Waals surface area contributed by atoms with Crippen molar-refractivity contribution >= 4 is 17.4 Å². The van der Waals surface area contributed by atoms with Gasteiger partial charge in [-0.25, -0.2) is 0 Å². The Hall–Kier alpha value is -2.42. The maximum absolute atomic E-state index is 12.5. The van der Waals surface area contributed by atoms with E-state index in [9.17, 15) is 9.59 Å². The lowest BCUT2D eigenvalue weighted by Gasteiger charge is -2.18. The van der Waals surface area contributed by atoms with E-state index in [-0.39, 0.29) is 11.7 Å². The van der Waals surface area contributed by atoms with E-state index in [1.54, 1.807) is 36.2 Å². The Kier molecular flexibility index (Phi) is 4.45. The molecule has 0 saturated heterocycles. The zero-order valence-corrected chi connectivity index (χ0v) is 13.5. The smallest absolute Gasteiger partial charge is 0.258 e. The highest BCUT2D eigenvalue weighted by Gasteiger charge is 2.23. The third-order valence-corrected chi connectivity index (χ3v) is 3.52. The van der Waals surface area contributed by atoms with Crippen LogP contribution in [0.25, 0.3) is 0 Å². The van der Waals surface area contributed by atoms with Crippen LogP contribution < -0.4 is 4.90 Å². The van der Waals surface area contributed by atoms with Gasteiger partial charge in [0, 0.05) is 29.3 Å². The number of nitrogens with zero attached hydrogens (tertiary/aromatic N) is 1. The van der Waals surface area contributed by atoms with Gasteiger partial charge >= 0.3 is 0 Å². The summed E-state index contributed by atoms with van der Waals surface area (Å²) < 4.78 is 0. The minimum absolute atomic E-state index is 0.0721. The summed E-state index contributed by atoms with van der Waals surface area (Å²) in [6, 6.07) is 16.3. The van der Waals surface area contributed by atoms with Gasteiger partial charge in [-0.2, -0.15) is 0 Å². The Morgan fingerprint density at radius 2 is 1.32 bits per heavy atom. The normalized spacial score (nSPS) is 11.1. The topological polar surface area (TPSA) is 37.4 Å². The van der Waals surface area contributed by atoms with Gasteiger partial charge in [0.05, 0.1) is 0 Å². The van der Waals surface area contributed by atoms with Crippen molar-refractivity contribution in [3.63, 3.8) is 0 Å². The first-order chi connectivity index (χ1) is 10.3. The molecule has 0 radical (unpaired) electrons. The van der Waals surface area contributed by atoms with Crippen LogP contribution in [0.2, 0.25) is 0 Å². The molecule has 0 bridgehead atoms. The second kappa shape index (κ2) is 6.14. The van der Waals surface area contributed by atoms with Crippen molar-refractivity contribution in [1.82, 2.24) is 0 Å². The fourth-order valence-corrected chi connectivity index (χ4v) is 2.16. The van der Waals surface area contributed by atoms with Crippen LogP contribution in [0.3, 0.4) is 0 Å². The van der Waals surface area contributed by atoms with Crippen LogP contribution in [0.5, 0.6) is 0 Å². The fraction of sp³-hybridized carbons (Fsp3) is 0.263. The molecule has 0 unspecified atom stereocenters. The first-order valence-electron chi connectivity index (χ1n) is 7.28. The van der Waals surface area contributed by atoms with Gasteiger partial charge in [-0.1, -0.05) is 51.1 Å². The van der Waals surface area contributed by atoms with Crippen molar-refractivity contribution < 1.29 is 9.59 Å². The zero-order valence-electron chi connectivity index (χ0n) is 13.5. The highest BCUT2D eigenvalue weighted by atomic mass is 16.2. The fourth-order valence-electron chi connectivity index (χ4n) is 2.16. The van der Waals surface area contributed by atoms with E-state index in [0.717, 1.165) is 5.69 Å². The van der Waals surface area contributed by atoms with Crippen molar-refractivity contribution in [1.29, 1.82) is 0 Å². The van der Waals surface area contributed by atoms with Crippen LogP contribution in [0.15, 0.2) is 54.6 Å². The Balaban J connectivity index is 2.20. The lowest BCUT2D eigenvalue weighted by atomic mass is 9.86. The van der Waals surface area contributed by atoms with Gasteiger partial charge in [-0.3, -0.25) is 9.59 Å². The molecule has 0 aliphatic heterocycles. The molecule has 2 aromatic rings. The summed E-state index contributed by atoms with van der Waals surface area (Å²) in [7, 11) is 1.74. The quantitative estimate of drug-likeness (QED) is 0.796. The molecule has 114 valence electrons. The molecule has 0 aliphatic carbocycles. The lowest BCUT2D eigenvalue weighted by Crippen LogP contribution is -2.26. The number of ketones is 1. The Labute approximate surface area is 131 Å². The van der Waals surface area contributed by atoms with E-state index in [1.807, 2.05) is 51.1 Å². The molecule has 0 spiro atoms. The summed E-state index contributed by atoms with van der Waals surface area (Å²) in [4.78, 5) is 26.3. The van der Waals surface area contributed by atoms with E-state index in [1.165, 1.54) is 0 Å². The first-order valence-corrected chi connectivity index (χ1v) is 7.28. The van der Waals surface area contributed by atoms with Crippen LogP contribution in [0, 0.1) is 5.41 Å². The van der Waals surface area contributed by atoms with E-state index >= 15 is 0 Å². The number of hydrogen-bond donors (Lipinski definition) is 0.